The van der Waals surface area contributed by atoms with E-state index in [0.29, 0.717) is 17.3 Å². The highest BCUT2D eigenvalue weighted by Gasteiger charge is 2.10. The zero-order chi connectivity index (χ0) is 15.4. The molecule has 0 bridgehead atoms. The van der Waals surface area contributed by atoms with Crippen molar-refractivity contribution in [1.29, 1.82) is 0 Å². The number of hydrogen-bond acceptors (Lipinski definition) is 2. The number of aromatic nitrogens is 2. The van der Waals surface area contributed by atoms with Crippen LogP contribution < -0.4 is 5.32 Å². The molecule has 0 fully saturated rings. The van der Waals surface area contributed by atoms with E-state index in [1.807, 2.05) is 29.7 Å². The SMILES string of the molecule is CCn1cc(CN(C)C(=S)Nc2cccc(F)c2)c(C)n1. The first-order valence-corrected chi connectivity index (χ1v) is 7.21. The first kappa shape index (κ1) is 15.4. The number of thiocarbonyl (C=S) groups is 1. The molecule has 21 heavy (non-hydrogen) atoms. The van der Waals surface area contributed by atoms with Gasteiger partial charge in [0.15, 0.2) is 5.11 Å². The minimum absolute atomic E-state index is 0.287. The number of anilines is 1. The molecule has 1 N–H and O–H groups in total. The van der Waals surface area contributed by atoms with Gasteiger partial charge in [0.1, 0.15) is 5.82 Å². The second-order valence-corrected chi connectivity index (χ2v) is 5.28. The number of nitrogens with zero attached hydrogens (tertiary/aromatic N) is 3. The molecule has 0 spiro atoms. The minimum Gasteiger partial charge on any atom is -0.348 e. The van der Waals surface area contributed by atoms with Crippen molar-refractivity contribution in [3.63, 3.8) is 0 Å². The Morgan fingerprint density at radius 2 is 2.24 bits per heavy atom. The van der Waals surface area contributed by atoms with E-state index in [-0.39, 0.29) is 5.82 Å². The number of halogens is 1. The normalized spacial score (nSPS) is 10.5. The Balaban J connectivity index is 2.00. The Kier molecular flexibility index (Phi) is 4.90. The molecule has 112 valence electrons. The van der Waals surface area contributed by atoms with Gasteiger partial charge in [0.05, 0.1) is 5.69 Å². The van der Waals surface area contributed by atoms with Crippen LogP contribution in [0.4, 0.5) is 10.1 Å². The molecule has 2 aromatic rings. The molecule has 1 heterocycles. The number of aryl methyl sites for hydroxylation is 2. The van der Waals surface area contributed by atoms with Gasteiger partial charge in [-0.3, -0.25) is 4.68 Å². The third kappa shape index (κ3) is 4.01. The molecule has 0 atom stereocenters. The second kappa shape index (κ2) is 6.67. The maximum absolute atomic E-state index is 13.2. The fraction of sp³-hybridized carbons (Fsp3) is 0.333. The topological polar surface area (TPSA) is 33.1 Å². The van der Waals surface area contributed by atoms with Gasteiger partial charge in [-0.2, -0.15) is 5.10 Å². The lowest BCUT2D eigenvalue weighted by atomic mass is 10.2. The average molecular weight is 306 g/mol. The second-order valence-electron chi connectivity index (χ2n) is 4.89. The molecular formula is C15H19FN4S. The van der Waals surface area contributed by atoms with Gasteiger partial charge in [-0.15, -0.1) is 0 Å². The lowest BCUT2D eigenvalue weighted by Crippen LogP contribution is -2.30. The molecule has 1 aromatic carbocycles. The summed E-state index contributed by atoms with van der Waals surface area (Å²) in [4.78, 5) is 1.91. The van der Waals surface area contributed by atoms with Crippen LogP contribution in [0.5, 0.6) is 0 Å². The molecular weight excluding hydrogens is 287 g/mol. The van der Waals surface area contributed by atoms with E-state index in [1.54, 1.807) is 12.1 Å². The van der Waals surface area contributed by atoms with Gasteiger partial charge < -0.3 is 10.2 Å². The van der Waals surface area contributed by atoms with Crippen LogP contribution in [-0.4, -0.2) is 26.8 Å². The van der Waals surface area contributed by atoms with Crippen molar-refractivity contribution in [1.82, 2.24) is 14.7 Å². The van der Waals surface area contributed by atoms with Crippen molar-refractivity contribution in [2.75, 3.05) is 12.4 Å². The molecule has 1 aromatic heterocycles. The molecule has 0 aliphatic heterocycles. The molecule has 0 amide bonds. The van der Waals surface area contributed by atoms with Crippen LogP contribution in [0.15, 0.2) is 30.5 Å². The van der Waals surface area contributed by atoms with Gasteiger partial charge in [-0.25, -0.2) is 4.39 Å². The first-order chi connectivity index (χ1) is 9.99. The van der Waals surface area contributed by atoms with Crippen LogP contribution in [0.25, 0.3) is 0 Å². The van der Waals surface area contributed by atoms with E-state index in [4.69, 9.17) is 12.2 Å². The summed E-state index contributed by atoms with van der Waals surface area (Å²) in [5.41, 5.74) is 2.77. The van der Waals surface area contributed by atoms with E-state index in [9.17, 15) is 4.39 Å². The Hall–Kier alpha value is -1.95. The van der Waals surface area contributed by atoms with Crippen LogP contribution in [0.1, 0.15) is 18.2 Å². The van der Waals surface area contributed by atoms with Crippen LogP contribution in [0, 0.1) is 12.7 Å². The third-order valence-corrected chi connectivity index (χ3v) is 3.62. The van der Waals surface area contributed by atoms with Crippen molar-refractivity contribution < 1.29 is 4.39 Å². The number of nitrogens with one attached hydrogen (secondary N) is 1. The molecule has 2 rings (SSSR count). The van der Waals surface area contributed by atoms with Gasteiger partial charge in [-0.1, -0.05) is 6.07 Å². The van der Waals surface area contributed by atoms with E-state index in [0.717, 1.165) is 17.8 Å². The summed E-state index contributed by atoms with van der Waals surface area (Å²) in [5.74, 6) is -0.287. The van der Waals surface area contributed by atoms with E-state index < -0.39 is 0 Å². The zero-order valence-electron chi connectivity index (χ0n) is 12.4. The molecule has 0 saturated heterocycles. The monoisotopic (exact) mass is 306 g/mol. The molecule has 0 saturated carbocycles. The fourth-order valence-corrected chi connectivity index (χ4v) is 2.17. The molecule has 0 aliphatic carbocycles. The van der Waals surface area contributed by atoms with Crippen LogP contribution in [0.3, 0.4) is 0 Å². The van der Waals surface area contributed by atoms with Crippen molar-refractivity contribution in [2.45, 2.75) is 26.9 Å². The maximum atomic E-state index is 13.2. The summed E-state index contributed by atoms with van der Waals surface area (Å²) in [6.45, 7) is 5.54. The Bertz CT molecular complexity index is 638. The highest BCUT2D eigenvalue weighted by Crippen LogP contribution is 2.12. The van der Waals surface area contributed by atoms with Crippen molar-refractivity contribution >= 4 is 23.0 Å². The largest absolute Gasteiger partial charge is 0.348 e. The van der Waals surface area contributed by atoms with Crippen LogP contribution in [0.2, 0.25) is 0 Å². The highest BCUT2D eigenvalue weighted by molar-refractivity contribution is 7.80. The first-order valence-electron chi connectivity index (χ1n) is 6.80. The maximum Gasteiger partial charge on any atom is 0.173 e. The van der Waals surface area contributed by atoms with E-state index in [1.165, 1.54) is 12.1 Å². The summed E-state index contributed by atoms with van der Waals surface area (Å²) >= 11 is 5.34. The summed E-state index contributed by atoms with van der Waals surface area (Å²) < 4.78 is 15.1. The van der Waals surface area contributed by atoms with Gasteiger partial charge in [-0.05, 0) is 44.3 Å². The summed E-state index contributed by atoms with van der Waals surface area (Å²) in [6, 6.07) is 6.25. The summed E-state index contributed by atoms with van der Waals surface area (Å²) in [7, 11) is 1.90. The molecule has 0 unspecified atom stereocenters. The summed E-state index contributed by atoms with van der Waals surface area (Å²) in [5, 5.41) is 7.99. The quantitative estimate of drug-likeness (QED) is 0.880. The lowest BCUT2D eigenvalue weighted by molar-refractivity contribution is 0.506. The van der Waals surface area contributed by atoms with Crippen molar-refractivity contribution in [3.05, 3.63) is 47.5 Å². The standard InChI is InChI=1S/C15H19FN4S/c1-4-20-10-12(11(2)18-20)9-19(3)15(21)17-14-7-5-6-13(16)8-14/h5-8,10H,4,9H2,1-3H3,(H,17,21). The predicted octanol–water partition coefficient (Wildman–Crippen LogP) is 3.18. The Labute approximate surface area is 129 Å². The predicted molar refractivity (Wildman–Crippen MR) is 86.7 cm³/mol. The lowest BCUT2D eigenvalue weighted by Gasteiger charge is -2.20. The Morgan fingerprint density at radius 1 is 1.48 bits per heavy atom. The van der Waals surface area contributed by atoms with Gasteiger partial charge in [0.25, 0.3) is 0 Å². The average Bonchev–Trinajstić information content (AvgIpc) is 2.79. The molecule has 4 nitrogen and oxygen atoms in total. The zero-order valence-corrected chi connectivity index (χ0v) is 13.2. The molecule has 0 radical (unpaired) electrons. The fourth-order valence-electron chi connectivity index (χ4n) is 1.99. The van der Waals surface area contributed by atoms with E-state index >= 15 is 0 Å². The van der Waals surface area contributed by atoms with E-state index in [2.05, 4.69) is 17.3 Å². The molecule has 6 heteroatoms. The van der Waals surface area contributed by atoms with Gasteiger partial charge in [0.2, 0.25) is 0 Å². The highest BCUT2D eigenvalue weighted by atomic mass is 32.1. The van der Waals surface area contributed by atoms with Crippen molar-refractivity contribution in [3.8, 4) is 0 Å². The molecule has 0 aliphatic rings. The number of hydrogen-bond donors (Lipinski definition) is 1. The number of benzene rings is 1. The van der Waals surface area contributed by atoms with Crippen LogP contribution in [-0.2, 0) is 13.1 Å². The minimum atomic E-state index is -0.287. The van der Waals surface area contributed by atoms with Crippen LogP contribution >= 0.6 is 12.2 Å². The number of rotatable bonds is 4. The summed E-state index contributed by atoms with van der Waals surface area (Å²) in [6.07, 6.45) is 2.02. The van der Waals surface area contributed by atoms with Gasteiger partial charge in [0, 0.05) is 37.6 Å². The van der Waals surface area contributed by atoms with Gasteiger partial charge >= 0.3 is 0 Å². The smallest absolute Gasteiger partial charge is 0.173 e. The third-order valence-electron chi connectivity index (χ3n) is 3.20. The Morgan fingerprint density at radius 3 is 2.86 bits per heavy atom. The van der Waals surface area contributed by atoms with Crippen molar-refractivity contribution in [2.24, 2.45) is 0 Å².